The summed E-state index contributed by atoms with van der Waals surface area (Å²) in [5.74, 6) is -1.23. The number of aryl methyl sites for hydroxylation is 1. The topological polar surface area (TPSA) is 103 Å². The number of carboxylic acids is 1. The number of aliphatic hydroxyl groups is 2. The summed E-state index contributed by atoms with van der Waals surface area (Å²) in [5, 5.41) is 31.2. The predicted octanol–water partition coefficient (Wildman–Crippen LogP) is -0.298. The van der Waals surface area contributed by atoms with Crippen LogP contribution in [0, 0.1) is 6.92 Å². The molecule has 0 saturated carbocycles. The molecular weight excluding hydrogens is 224 g/mol. The standard InChI is InChI=1S/C11H16N2O4/c1-6-3-7(9(11(16)17)13-4-6)10(15)8(14)5-12-2/h3-4,8,10,12,14-15H,5H2,1-2H3,(H,16,17). The largest absolute Gasteiger partial charge is 0.477 e. The molecule has 17 heavy (non-hydrogen) atoms. The SMILES string of the molecule is CNCC(O)C(O)c1cc(C)cnc1C(=O)O. The van der Waals surface area contributed by atoms with Gasteiger partial charge in [0.25, 0.3) is 0 Å². The number of aromatic nitrogens is 1. The molecule has 1 aromatic rings. The summed E-state index contributed by atoms with van der Waals surface area (Å²) in [6.45, 7) is 1.90. The molecule has 0 aliphatic carbocycles. The van der Waals surface area contributed by atoms with Crippen molar-refractivity contribution in [2.45, 2.75) is 19.1 Å². The third kappa shape index (κ3) is 3.23. The zero-order valence-corrected chi connectivity index (χ0v) is 9.71. The van der Waals surface area contributed by atoms with Crippen LogP contribution in [0.5, 0.6) is 0 Å². The Morgan fingerprint density at radius 1 is 1.53 bits per heavy atom. The fourth-order valence-electron chi connectivity index (χ4n) is 1.52. The quantitative estimate of drug-likeness (QED) is 0.563. The molecule has 0 amide bonds. The molecule has 0 aliphatic rings. The van der Waals surface area contributed by atoms with E-state index in [2.05, 4.69) is 10.3 Å². The maximum absolute atomic E-state index is 10.9. The van der Waals surface area contributed by atoms with Gasteiger partial charge in [0, 0.05) is 18.3 Å². The van der Waals surface area contributed by atoms with Gasteiger partial charge in [0.05, 0.1) is 6.10 Å². The van der Waals surface area contributed by atoms with Gasteiger partial charge in [0.15, 0.2) is 5.69 Å². The van der Waals surface area contributed by atoms with Gasteiger partial charge >= 0.3 is 5.97 Å². The highest BCUT2D eigenvalue weighted by Gasteiger charge is 2.24. The van der Waals surface area contributed by atoms with Crippen LogP contribution in [0.2, 0.25) is 0 Å². The lowest BCUT2D eigenvalue weighted by molar-refractivity contribution is 0.0188. The number of rotatable bonds is 5. The van der Waals surface area contributed by atoms with Gasteiger partial charge in [-0.05, 0) is 25.6 Å². The van der Waals surface area contributed by atoms with E-state index < -0.39 is 18.2 Å². The molecule has 0 saturated heterocycles. The highest BCUT2D eigenvalue weighted by molar-refractivity contribution is 5.87. The Labute approximate surface area is 98.9 Å². The smallest absolute Gasteiger partial charge is 0.354 e. The molecule has 2 atom stereocenters. The lowest BCUT2D eigenvalue weighted by Crippen LogP contribution is -2.30. The molecule has 94 valence electrons. The summed E-state index contributed by atoms with van der Waals surface area (Å²) in [4.78, 5) is 14.7. The van der Waals surface area contributed by atoms with Gasteiger partial charge in [-0.25, -0.2) is 9.78 Å². The molecule has 1 aromatic heterocycles. The minimum Gasteiger partial charge on any atom is -0.477 e. The van der Waals surface area contributed by atoms with Crippen molar-refractivity contribution in [3.63, 3.8) is 0 Å². The van der Waals surface area contributed by atoms with Crippen molar-refractivity contribution in [2.24, 2.45) is 0 Å². The van der Waals surface area contributed by atoms with Crippen molar-refractivity contribution >= 4 is 5.97 Å². The molecule has 2 unspecified atom stereocenters. The molecule has 1 heterocycles. The molecule has 0 aromatic carbocycles. The molecule has 0 radical (unpaired) electrons. The molecule has 0 spiro atoms. The van der Waals surface area contributed by atoms with E-state index in [1.807, 2.05) is 0 Å². The van der Waals surface area contributed by atoms with Crippen LogP contribution in [0.1, 0.15) is 27.7 Å². The second-order valence-corrected chi connectivity index (χ2v) is 3.83. The van der Waals surface area contributed by atoms with Crippen molar-refractivity contribution in [3.8, 4) is 0 Å². The average Bonchev–Trinajstić information content (AvgIpc) is 2.27. The molecule has 0 fully saturated rings. The number of aromatic carboxylic acids is 1. The van der Waals surface area contributed by atoms with E-state index >= 15 is 0 Å². The van der Waals surface area contributed by atoms with Gasteiger partial charge in [-0.3, -0.25) is 0 Å². The summed E-state index contributed by atoms with van der Waals surface area (Å²) < 4.78 is 0. The van der Waals surface area contributed by atoms with Crippen LogP contribution in [0.4, 0.5) is 0 Å². The van der Waals surface area contributed by atoms with Gasteiger partial charge in [-0.1, -0.05) is 0 Å². The Bertz CT molecular complexity index is 408. The third-order valence-electron chi connectivity index (χ3n) is 2.35. The summed E-state index contributed by atoms with van der Waals surface area (Å²) in [6.07, 6.45) is -0.952. The van der Waals surface area contributed by atoms with Crippen LogP contribution < -0.4 is 5.32 Å². The van der Waals surface area contributed by atoms with Gasteiger partial charge in [-0.2, -0.15) is 0 Å². The maximum atomic E-state index is 10.9. The summed E-state index contributed by atoms with van der Waals surface area (Å²) in [7, 11) is 1.63. The van der Waals surface area contributed by atoms with Crippen LogP contribution in [-0.2, 0) is 0 Å². The van der Waals surface area contributed by atoms with Gasteiger partial charge in [-0.15, -0.1) is 0 Å². The minimum atomic E-state index is -1.28. The van der Waals surface area contributed by atoms with Crippen LogP contribution in [0.3, 0.4) is 0 Å². The van der Waals surface area contributed by atoms with Crippen molar-refractivity contribution in [2.75, 3.05) is 13.6 Å². The Morgan fingerprint density at radius 2 is 2.18 bits per heavy atom. The Balaban J connectivity index is 3.10. The van der Waals surface area contributed by atoms with E-state index in [0.29, 0.717) is 0 Å². The molecule has 0 bridgehead atoms. The molecule has 0 aliphatic heterocycles. The highest BCUT2D eigenvalue weighted by Crippen LogP contribution is 2.21. The van der Waals surface area contributed by atoms with Crippen molar-refractivity contribution in [1.82, 2.24) is 10.3 Å². The Hall–Kier alpha value is -1.50. The Morgan fingerprint density at radius 3 is 2.71 bits per heavy atom. The number of nitrogens with zero attached hydrogens (tertiary/aromatic N) is 1. The van der Waals surface area contributed by atoms with E-state index in [9.17, 15) is 15.0 Å². The maximum Gasteiger partial charge on any atom is 0.354 e. The lowest BCUT2D eigenvalue weighted by atomic mass is 10.0. The molecular formula is C11H16N2O4. The van der Waals surface area contributed by atoms with Crippen LogP contribution >= 0.6 is 0 Å². The van der Waals surface area contributed by atoms with E-state index in [4.69, 9.17) is 5.11 Å². The number of carboxylic acid groups (broad SMARTS) is 1. The van der Waals surface area contributed by atoms with Crippen LogP contribution in [-0.4, -0.2) is 46.0 Å². The number of hydrogen-bond acceptors (Lipinski definition) is 5. The average molecular weight is 240 g/mol. The van der Waals surface area contributed by atoms with Crippen LogP contribution in [0.15, 0.2) is 12.3 Å². The van der Waals surface area contributed by atoms with E-state index in [0.717, 1.165) is 5.56 Å². The van der Waals surface area contributed by atoms with Gasteiger partial charge < -0.3 is 20.6 Å². The zero-order chi connectivity index (χ0) is 13.0. The molecule has 1 rings (SSSR count). The number of carbonyl (C=O) groups is 1. The molecule has 6 nitrogen and oxygen atoms in total. The summed E-state index contributed by atoms with van der Waals surface area (Å²) >= 11 is 0. The molecule has 6 heteroatoms. The number of nitrogens with one attached hydrogen (secondary N) is 1. The number of aliphatic hydroxyl groups excluding tert-OH is 2. The van der Waals surface area contributed by atoms with Crippen LogP contribution in [0.25, 0.3) is 0 Å². The van der Waals surface area contributed by atoms with Crippen molar-refractivity contribution < 1.29 is 20.1 Å². The normalized spacial score (nSPS) is 14.4. The minimum absolute atomic E-state index is 0.125. The number of likely N-dealkylation sites (N-methyl/N-ethyl adjacent to an activating group) is 1. The summed E-state index contributed by atoms with van der Waals surface area (Å²) in [6, 6.07) is 1.51. The molecule has 4 N–H and O–H groups in total. The highest BCUT2D eigenvalue weighted by atomic mass is 16.4. The van der Waals surface area contributed by atoms with Gasteiger partial charge in [0.1, 0.15) is 6.10 Å². The first-order chi connectivity index (χ1) is 7.97. The second-order valence-electron chi connectivity index (χ2n) is 3.83. The van der Waals surface area contributed by atoms with E-state index in [1.165, 1.54) is 12.3 Å². The van der Waals surface area contributed by atoms with E-state index in [1.54, 1.807) is 14.0 Å². The second kappa shape index (κ2) is 5.72. The van der Waals surface area contributed by atoms with Gasteiger partial charge in [0.2, 0.25) is 0 Å². The zero-order valence-electron chi connectivity index (χ0n) is 9.71. The lowest BCUT2D eigenvalue weighted by Gasteiger charge is -2.19. The first-order valence-electron chi connectivity index (χ1n) is 5.18. The van der Waals surface area contributed by atoms with E-state index in [-0.39, 0.29) is 17.8 Å². The summed E-state index contributed by atoms with van der Waals surface area (Å²) in [5.41, 5.74) is 0.610. The monoisotopic (exact) mass is 240 g/mol. The first kappa shape index (κ1) is 13.6. The Kier molecular flexibility index (Phi) is 4.56. The van der Waals surface area contributed by atoms with Crippen molar-refractivity contribution in [3.05, 3.63) is 29.1 Å². The number of hydrogen-bond donors (Lipinski definition) is 4. The first-order valence-corrected chi connectivity index (χ1v) is 5.18. The fraction of sp³-hybridized carbons (Fsp3) is 0.455. The third-order valence-corrected chi connectivity index (χ3v) is 2.35. The predicted molar refractivity (Wildman–Crippen MR) is 60.8 cm³/mol. The van der Waals surface area contributed by atoms with Crippen molar-refractivity contribution in [1.29, 1.82) is 0 Å². The number of pyridine rings is 1. The fourth-order valence-corrected chi connectivity index (χ4v) is 1.52.